The second kappa shape index (κ2) is 4.09. The van der Waals surface area contributed by atoms with Gasteiger partial charge in [-0.25, -0.2) is 0 Å². The molecule has 0 bridgehead atoms. The zero-order chi connectivity index (χ0) is 5.70. The van der Waals surface area contributed by atoms with Crippen molar-refractivity contribution in [1.82, 2.24) is 0 Å². The summed E-state index contributed by atoms with van der Waals surface area (Å²) in [5.74, 6) is 0.442. The Kier molecular flexibility index (Phi) is 4.04. The predicted octanol–water partition coefficient (Wildman–Crippen LogP) is 0.909. The fourth-order valence-corrected chi connectivity index (χ4v) is 0.462. The average Bonchev–Trinajstić information content (AvgIpc) is 1.68. The molecule has 0 aromatic heterocycles. The summed E-state index contributed by atoms with van der Waals surface area (Å²) in [7, 11) is 2.89. The Morgan fingerprint density at radius 3 is 2.71 bits per heavy atom. The molecule has 3 radical (unpaired) electrons. The molecule has 1 atom stereocenters. The van der Waals surface area contributed by atoms with E-state index in [4.69, 9.17) is 0 Å². The minimum Gasteiger partial charge on any atom is -0.418 e. The Hall–Kier alpha value is -0.0831. The van der Waals surface area contributed by atoms with E-state index in [1.165, 1.54) is 0 Å². The van der Waals surface area contributed by atoms with Crippen molar-refractivity contribution in [2.24, 2.45) is 5.92 Å². The van der Waals surface area contributed by atoms with Crippen molar-refractivity contribution >= 4 is 10.5 Å². The SMILES string of the molecule is C=CC(C)CO[Si]. The molecule has 7 heavy (non-hydrogen) atoms. The molecule has 0 heterocycles. The Morgan fingerprint density at radius 2 is 2.57 bits per heavy atom. The molecule has 39 valence electrons. The quantitative estimate of drug-likeness (QED) is 0.390. The summed E-state index contributed by atoms with van der Waals surface area (Å²) in [6.45, 7) is 6.31. The van der Waals surface area contributed by atoms with Crippen LogP contribution >= 0.6 is 0 Å². The van der Waals surface area contributed by atoms with E-state index < -0.39 is 0 Å². The predicted molar refractivity (Wildman–Crippen MR) is 31.1 cm³/mol. The van der Waals surface area contributed by atoms with Crippen LogP contribution in [0.15, 0.2) is 12.7 Å². The van der Waals surface area contributed by atoms with Gasteiger partial charge in [0.25, 0.3) is 0 Å². The van der Waals surface area contributed by atoms with Crippen LogP contribution in [0.5, 0.6) is 0 Å². The van der Waals surface area contributed by atoms with Crippen molar-refractivity contribution in [3.8, 4) is 0 Å². The van der Waals surface area contributed by atoms with E-state index in [0.717, 1.165) is 0 Å². The smallest absolute Gasteiger partial charge is 0.246 e. The van der Waals surface area contributed by atoms with Gasteiger partial charge in [-0.15, -0.1) is 6.58 Å². The van der Waals surface area contributed by atoms with Gasteiger partial charge in [0.15, 0.2) is 0 Å². The molecule has 0 rings (SSSR count). The first-order valence-corrected chi connectivity index (χ1v) is 2.63. The van der Waals surface area contributed by atoms with Gasteiger partial charge in [-0.2, -0.15) is 0 Å². The zero-order valence-corrected chi connectivity index (χ0v) is 5.48. The van der Waals surface area contributed by atoms with Crippen molar-refractivity contribution in [2.45, 2.75) is 6.92 Å². The highest BCUT2D eigenvalue weighted by molar-refractivity contribution is 5.97. The molecule has 0 N–H and O–H groups in total. The maximum Gasteiger partial charge on any atom is 0.246 e. The van der Waals surface area contributed by atoms with Gasteiger partial charge < -0.3 is 4.43 Å². The lowest BCUT2D eigenvalue weighted by Gasteiger charge is -2.00. The van der Waals surface area contributed by atoms with E-state index in [0.29, 0.717) is 12.5 Å². The van der Waals surface area contributed by atoms with E-state index in [9.17, 15) is 0 Å². The second-order valence-electron chi connectivity index (χ2n) is 1.52. The topological polar surface area (TPSA) is 9.23 Å². The molecule has 0 aliphatic carbocycles. The Morgan fingerprint density at radius 1 is 2.00 bits per heavy atom. The molecule has 0 spiro atoms. The first-order chi connectivity index (χ1) is 3.31. The van der Waals surface area contributed by atoms with Gasteiger partial charge in [-0.05, 0) is 5.92 Å². The molecule has 0 amide bonds. The van der Waals surface area contributed by atoms with Gasteiger partial charge in [-0.1, -0.05) is 13.0 Å². The summed E-state index contributed by atoms with van der Waals surface area (Å²) < 4.78 is 4.63. The molecular formula is C5H9OSi. The van der Waals surface area contributed by atoms with Crippen LogP contribution in [0.3, 0.4) is 0 Å². The average molecular weight is 113 g/mol. The molecular weight excluding hydrogens is 104 g/mol. The zero-order valence-electron chi connectivity index (χ0n) is 4.48. The molecule has 1 nitrogen and oxygen atoms in total. The number of rotatable bonds is 3. The summed E-state index contributed by atoms with van der Waals surface area (Å²) in [5.41, 5.74) is 0. The van der Waals surface area contributed by atoms with Crippen molar-refractivity contribution in [3.05, 3.63) is 12.7 Å². The monoisotopic (exact) mass is 113 g/mol. The third kappa shape index (κ3) is 3.75. The first kappa shape index (κ1) is 6.92. The second-order valence-corrected chi connectivity index (χ2v) is 1.81. The number of hydrogen-bond donors (Lipinski definition) is 0. The van der Waals surface area contributed by atoms with Crippen LogP contribution in [0.25, 0.3) is 0 Å². The van der Waals surface area contributed by atoms with Gasteiger partial charge in [0.1, 0.15) is 0 Å². The van der Waals surface area contributed by atoms with Crippen LogP contribution in [0, 0.1) is 5.92 Å². The van der Waals surface area contributed by atoms with E-state index >= 15 is 0 Å². The maximum atomic E-state index is 4.63. The minimum absolute atomic E-state index is 0.442. The van der Waals surface area contributed by atoms with Crippen molar-refractivity contribution in [2.75, 3.05) is 6.61 Å². The standard InChI is InChI=1S/C5H9OSi/c1-3-5(2)4-6-7/h3,5H,1,4H2,2H3. The largest absolute Gasteiger partial charge is 0.418 e. The molecule has 1 unspecified atom stereocenters. The molecule has 0 saturated heterocycles. The molecule has 0 aromatic rings. The van der Waals surface area contributed by atoms with Crippen LogP contribution in [-0.2, 0) is 4.43 Å². The molecule has 0 saturated carbocycles. The third-order valence-corrected chi connectivity index (χ3v) is 0.915. The van der Waals surface area contributed by atoms with Gasteiger partial charge in [0.2, 0.25) is 10.5 Å². The Balaban J connectivity index is 2.98. The fraction of sp³-hybridized carbons (Fsp3) is 0.600. The summed E-state index contributed by atoms with van der Waals surface area (Å²) in [6, 6.07) is 0. The van der Waals surface area contributed by atoms with Gasteiger partial charge in [-0.3, -0.25) is 0 Å². The Labute approximate surface area is 47.9 Å². The molecule has 2 heteroatoms. The summed E-state index contributed by atoms with van der Waals surface area (Å²) in [4.78, 5) is 0. The maximum absolute atomic E-state index is 4.63. The fourth-order valence-electron chi connectivity index (χ4n) is 0.199. The summed E-state index contributed by atoms with van der Waals surface area (Å²) in [6.07, 6.45) is 1.85. The Bertz CT molecular complexity index is 54.0. The highest BCUT2D eigenvalue weighted by Gasteiger charge is 1.89. The third-order valence-electron chi connectivity index (χ3n) is 0.749. The molecule has 0 aromatic carbocycles. The molecule has 0 aliphatic heterocycles. The summed E-state index contributed by atoms with van der Waals surface area (Å²) in [5, 5.41) is 0. The lowest BCUT2D eigenvalue weighted by atomic mass is 10.2. The van der Waals surface area contributed by atoms with Gasteiger partial charge >= 0.3 is 0 Å². The van der Waals surface area contributed by atoms with Crippen LogP contribution in [-0.4, -0.2) is 17.1 Å². The normalized spacial score (nSPS) is 13.4. The van der Waals surface area contributed by atoms with Gasteiger partial charge in [0.05, 0.1) is 0 Å². The number of hydrogen-bond acceptors (Lipinski definition) is 1. The lowest BCUT2D eigenvalue weighted by Crippen LogP contribution is -1.98. The minimum atomic E-state index is 0.442. The molecule has 0 aliphatic rings. The molecule has 0 fully saturated rings. The van der Waals surface area contributed by atoms with Crippen LogP contribution in [0.1, 0.15) is 6.92 Å². The van der Waals surface area contributed by atoms with E-state index in [2.05, 4.69) is 21.5 Å². The first-order valence-electron chi connectivity index (χ1n) is 2.22. The van der Waals surface area contributed by atoms with Crippen LogP contribution < -0.4 is 0 Å². The van der Waals surface area contributed by atoms with Crippen molar-refractivity contribution in [1.29, 1.82) is 0 Å². The van der Waals surface area contributed by atoms with Crippen LogP contribution in [0.4, 0.5) is 0 Å². The van der Waals surface area contributed by atoms with E-state index in [1.807, 2.05) is 13.0 Å². The van der Waals surface area contributed by atoms with Gasteiger partial charge in [0, 0.05) is 6.61 Å². The summed E-state index contributed by atoms with van der Waals surface area (Å²) >= 11 is 0. The van der Waals surface area contributed by atoms with Crippen molar-refractivity contribution in [3.63, 3.8) is 0 Å². The van der Waals surface area contributed by atoms with E-state index in [1.54, 1.807) is 0 Å². The highest BCUT2D eigenvalue weighted by atomic mass is 28.2. The van der Waals surface area contributed by atoms with E-state index in [-0.39, 0.29) is 0 Å². The van der Waals surface area contributed by atoms with Crippen LogP contribution in [0.2, 0.25) is 0 Å². The highest BCUT2D eigenvalue weighted by Crippen LogP contribution is 1.92. The van der Waals surface area contributed by atoms with Crippen molar-refractivity contribution < 1.29 is 4.43 Å². The lowest BCUT2D eigenvalue weighted by molar-refractivity contribution is 0.312.